The lowest BCUT2D eigenvalue weighted by molar-refractivity contribution is -0.0885. The monoisotopic (exact) mass is 299 g/mol. The summed E-state index contributed by atoms with van der Waals surface area (Å²) in [7, 11) is 0. The highest BCUT2D eigenvalue weighted by atomic mass is 79.9. The number of hydrogen-bond donors (Lipinski definition) is 0. The quantitative estimate of drug-likeness (QED) is 0.620. The van der Waals surface area contributed by atoms with Gasteiger partial charge < -0.3 is 0 Å². The molecule has 0 saturated heterocycles. The molecule has 0 radical (unpaired) electrons. The van der Waals surface area contributed by atoms with Crippen LogP contribution in [-0.2, 0) is 0 Å². The van der Waals surface area contributed by atoms with E-state index in [-0.39, 0.29) is 0 Å². The van der Waals surface area contributed by atoms with Crippen LogP contribution in [0.3, 0.4) is 0 Å². The van der Waals surface area contributed by atoms with Crippen LogP contribution in [0.1, 0.15) is 10.4 Å². The van der Waals surface area contributed by atoms with Gasteiger partial charge in [0.15, 0.2) is 0 Å². The summed E-state index contributed by atoms with van der Waals surface area (Å²) in [5.41, 5.74) is -0.466. The second-order valence-electron chi connectivity index (χ2n) is 2.54. The third-order valence-electron chi connectivity index (χ3n) is 1.52. The Labute approximate surface area is 96.4 Å². The van der Waals surface area contributed by atoms with Crippen molar-refractivity contribution in [3.63, 3.8) is 0 Å². The van der Waals surface area contributed by atoms with E-state index in [0.29, 0.717) is 9.50 Å². The summed E-state index contributed by atoms with van der Waals surface area (Å²) in [6, 6.07) is 1.12. The zero-order valence-electron chi connectivity index (χ0n) is 7.43. The summed E-state index contributed by atoms with van der Waals surface area (Å²) in [5.74, 6) is -1.89. The second kappa shape index (κ2) is 4.52. The molecule has 0 N–H and O–H groups in total. The lowest BCUT2D eigenvalue weighted by atomic mass is 10.2. The largest absolute Gasteiger partial charge is 0.454 e. The third kappa shape index (κ3) is 2.94. The number of hydrogen-bond acceptors (Lipinski definition) is 3. The van der Waals surface area contributed by atoms with Gasteiger partial charge in [0.2, 0.25) is 0 Å². The SMILES string of the molecule is CSc1ncc(C(=O)C(F)(F)F)cc1Br. The van der Waals surface area contributed by atoms with E-state index >= 15 is 0 Å². The molecule has 0 bridgehead atoms. The van der Waals surface area contributed by atoms with E-state index in [9.17, 15) is 18.0 Å². The fourth-order valence-electron chi connectivity index (χ4n) is 0.863. The topological polar surface area (TPSA) is 30.0 Å². The van der Waals surface area contributed by atoms with Crippen LogP contribution in [0, 0.1) is 0 Å². The molecule has 1 aromatic heterocycles. The molecule has 15 heavy (non-hydrogen) atoms. The van der Waals surface area contributed by atoms with Gasteiger partial charge in [-0.1, -0.05) is 0 Å². The molecule has 0 unspecified atom stereocenters. The van der Waals surface area contributed by atoms with Crippen LogP contribution >= 0.6 is 27.7 Å². The average molecular weight is 300 g/mol. The number of alkyl halides is 3. The van der Waals surface area contributed by atoms with Gasteiger partial charge in [-0.25, -0.2) is 4.98 Å². The summed E-state index contributed by atoms with van der Waals surface area (Å²) >= 11 is 4.31. The van der Waals surface area contributed by atoms with Crippen LogP contribution in [0.5, 0.6) is 0 Å². The lowest BCUT2D eigenvalue weighted by Crippen LogP contribution is -2.22. The number of pyridine rings is 1. The maximum absolute atomic E-state index is 12.1. The lowest BCUT2D eigenvalue weighted by Gasteiger charge is -2.06. The Morgan fingerprint density at radius 2 is 2.13 bits per heavy atom. The Hall–Kier alpha value is -0.560. The molecule has 0 amide bonds. The van der Waals surface area contributed by atoms with Gasteiger partial charge in [-0.2, -0.15) is 13.2 Å². The number of halogens is 4. The standard InChI is InChI=1S/C8H5BrF3NOS/c1-15-7-5(9)2-4(3-13-7)6(14)8(10,11)12/h2-3H,1H3. The molecular weight excluding hydrogens is 295 g/mol. The highest BCUT2D eigenvalue weighted by Gasteiger charge is 2.39. The van der Waals surface area contributed by atoms with Gasteiger partial charge in [-0.15, -0.1) is 11.8 Å². The van der Waals surface area contributed by atoms with Crippen LogP contribution in [-0.4, -0.2) is 23.2 Å². The molecule has 1 aromatic rings. The van der Waals surface area contributed by atoms with E-state index in [1.165, 1.54) is 11.8 Å². The first-order valence-electron chi connectivity index (χ1n) is 3.67. The molecule has 82 valence electrons. The van der Waals surface area contributed by atoms with E-state index in [0.717, 1.165) is 12.3 Å². The molecule has 0 saturated carbocycles. The normalized spacial score (nSPS) is 11.5. The molecule has 0 aliphatic carbocycles. The number of Topliss-reactive ketones (excluding diaryl/α,β-unsaturated/α-hetero) is 1. The van der Waals surface area contributed by atoms with Gasteiger partial charge in [-0.05, 0) is 28.3 Å². The molecule has 1 heterocycles. The van der Waals surface area contributed by atoms with Crippen LogP contribution in [0.25, 0.3) is 0 Å². The van der Waals surface area contributed by atoms with E-state index in [1.807, 2.05) is 0 Å². The van der Waals surface area contributed by atoms with E-state index < -0.39 is 17.5 Å². The van der Waals surface area contributed by atoms with Crippen molar-refractivity contribution in [1.29, 1.82) is 0 Å². The number of carbonyl (C=O) groups excluding carboxylic acids is 1. The molecular formula is C8H5BrF3NOS. The Bertz CT molecular complexity index is 394. The van der Waals surface area contributed by atoms with Gasteiger partial charge in [0.05, 0.1) is 4.47 Å². The molecule has 0 aromatic carbocycles. The van der Waals surface area contributed by atoms with Gasteiger partial charge in [0.25, 0.3) is 5.78 Å². The summed E-state index contributed by atoms with van der Waals surface area (Å²) < 4.78 is 36.5. The zero-order valence-corrected chi connectivity index (χ0v) is 9.83. The predicted octanol–water partition coefficient (Wildman–Crippen LogP) is 3.31. The number of aromatic nitrogens is 1. The molecule has 0 spiro atoms. The maximum Gasteiger partial charge on any atom is 0.454 e. The van der Waals surface area contributed by atoms with Crippen molar-refractivity contribution in [3.05, 3.63) is 22.3 Å². The van der Waals surface area contributed by atoms with Gasteiger partial charge in [0, 0.05) is 11.8 Å². The minimum atomic E-state index is -4.86. The van der Waals surface area contributed by atoms with Crippen LogP contribution < -0.4 is 0 Å². The fourth-order valence-corrected chi connectivity index (χ4v) is 2.11. The predicted molar refractivity (Wildman–Crippen MR) is 54.1 cm³/mol. The molecule has 0 atom stereocenters. The van der Waals surface area contributed by atoms with Gasteiger partial charge >= 0.3 is 6.18 Å². The minimum absolute atomic E-state index is 0.380. The van der Waals surface area contributed by atoms with Gasteiger partial charge in [0.1, 0.15) is 5.03 Å². The van der Waals surface area contributed by atoms with Crippen molar-refractivity contribution >= 4 is 33.5 Å². The Balaban J connectivity index is 3.08. The first kappa shape index (κ1) is 12.5. The number of ketones is 1. The van der Waals surface area contributed by atoms with Crippen molar-refractivity contribution in [2.45, 2.75) is 11.2 Å². The number of carbonyl (C=O) groups is 1. The molecule has 2 nitrogen and oxygen atoms in total. The maximum atomic E-state index is 12.1. The number of rotatable bonds is 2. The summed E-state index contributed by atoms with van der Waals surface area (Å²) in [6.45, 7) is 0. The van der Waals surface area contributed by atoms with E-state index in [1.54, 1.807) is 6.26 Å². The van der Waals surface area contributed by atoms with Crippen molar-refractivity contribution in [2.24, 2.45) is 0 Å². The highest BCUT2D eigenvalue weighted by molar-refractivity contribution is 9.10. The van der Waals surface area contributed by atoms with Crippen molar-refractivity contribution < 1.29 is 18.0 Å². The Morgan fingerprint density at radius 1 is 1.53 bits per heavy atom. The first-order valence-corrected chi connectivity index (χ1v) is 5.69. The van der Waals surface area contributed by atoms with Crippen molar-refractivity contribution in [1.82, 2.24) is 4.98 Å². The molecule has 7 heteroatoms. The first-order chi connectivity index (χ1) is 6.86. The Morgan fingerprint density at radius 3 is 2.53 bits per heavy atom. The smallest absolute Gasteiger partial charge is 0.284 e. The average Bonchev–Trinajstić information content (AvgIpc) is 2.15. The van der Waals surface area contributed by atoms with Crippen LogP contribution in [0.4, 0.5) is 13.2 Å². The van der Waals surface area contributed by atoms with Crippen LogP contribution in [0.2, 0.25) is 0 Å². The third-order valence-corrected chi connectivity index (χ3v) is 3.10. The minimum Gasteiger partial charge on any atom is -0.284 e. The fraction of sp³-hybridized carbons (Fsp3) is 0.250. The molecule has 1 rings (SSSR count). The Kier molecular flexibility index (Phi) is 3.77. The molecule has 0 aliphatic rings. The number of nitrogens with zero attached hydrogens (tertiary/aromatic N) is 1. The van der Waals surface area contributed by atoms with Crippen molar-refractivity contribution in [2.75, 3.05) is 6.26 Å². The second-order valence-corrected chi connectivity index (χ2v) is 4.19. The molecule has 0 fully saturated rings. The van der Waals surface area contributed by atoms with Crippen molar-refractivity contribution in [3.8, 4) is 0 Å². The molecule has 0 aliphatic heterocycles. The van der Waals surface area contributed by atoms with E-state index in [4.69, 9.17) is 0 Å². The summed E-state index contributed by atoms with van der Waals surface area (Å²) in [6.07, 6.45) is -2.20. The van der Waals surface area contributed by atoms with E-state index in [2.05, 4.69) is 20.9 Å². The highest BCUT2D eigenvalue weighted by Crippen LogP contribution is 2.27. The van der Waals surface area contributed by atoms with Gasteiger partial charge in [-0.3, -0.25) is 4.79 Å². The van der Waals surface area contributed by atoms with Crippen LogP contribution in [0.15, 0.2) is 21.8 Å². The number of thioether (sulfide) groups is 1. The summed E-state index contributed by atoms with van der Waals surface area (Å²) in [4.78, 5) is 14.6. The zero-order chi connectivity index (χ0) is 11.6. The summed E-state index contributed by atoms with van der Waals surface area (Å²) in [5, 5.41) is 0.536.